The van der Waals surface area contributed by atoms with Gasteiger partial charge in [0.15, 0.2) is 0 Å². The Labute approximate surface area is 170 Å². The Kier molecular flexibility index (Phi) is 6.36. The molecule has 1 unspecified atom stereocenters. The van der Waals surface area contributed by atoms with Crippen LogP contribution < -0.4 is 4.31 Å². The van der Waals surface area contributed by atoms with Crippen molar-refractivity contribution in [2.45, 2.75) is 24.8 Å². The maximum atomic E-state index is 13.3. The standard InChI is InChI=1S/C16H13Cl3N2O5S/c1-9-7-12(21(23)24)4-6-14(9)20(10(2)16(19)22)27(25,26)15-8-11(17)3-5-13(15)18/h3-8,10H,1-2H3. The Morgan fingerprint density at radius 2 is 1.81 bits per heavy atom. The molecule has 0 saturated heterocycles. The van der Waals surface area contributed by atoms with Gasteiger partial charge < -0.3 is 0 Å². The van der Waals surface area contributed by atoms with E-state index in [0.29, 0.717) is 0 Å². The Morgan fingerprint density at radius 3 is 2.33 bits per heavy atom. The van der Waals surface area contributed by atoms with Crippen LogP contribution in [0, 0.1) is 17.0 Å². The van der Waals surface area contributed by atoms with Crippen LogP contribution in [0.1, 0.15) is 12.5 Å². The summed E-state index contributed by atoms with van der Waals surface area (Å²) in [5.74, 6) is 0. The number of non-ortho nitro benzene ring substituents is 1. The topological polar surface area (TPSA) is 97.6 Å². The lowest BCUT2D eigenvalue weighted by Crippen LogP contribution is -2.42. The Bertz CT molecular complexity index is 1030. The average molecular weight is 452 g/mol. The SMILES string of the molecule is Cc1cc([N+](=O)[O-])ccc1N(C(C)C(=O)Cl)S(=O)(=O)c1cc(Cl)ccc1Cl. The van der Waals surface area contributed by atoms with E-state index in [1.54, 1.807) is 0 Å². The molecule has 144 valence electrons. The molecule has 11 heteroatoms. The molecule has 0 amide bonds. The van der Waals surface area contributed by atoms with Gasteiger partial charge in [0.05, 0.1) is 15.6 Å². The van der Waals surface area contributed by atoms with Crippen LogP contribution in [0.5, 0.6) is 0 Å². The van der Waals surface area contributed by atoms with Crippen molar-refractivity contribution in [3.8, 4) is 0 Å². The molecule has 0 aromatic heterocycles. The number of carbonyl (C=O) groups is 1. The van der Waals surface area contributed by atoms with Crippen molar-refractivity contribution < 1.29 is 18.1 Å². The van der Waals surface area contributed by atoms with Crippen molar-refractivity contribution in [2.75, 3.05) is 4.31 Å². The summed E-state index contributed by atoms with van der Waals surface area (Å²) in [6, 6.07) is 6.15. The molecular formula is C16H13Cl3N2O5S. The predicted molar refractivity (Wildman–Crippen MR) is 104 cm³/mol. The number of hydrogen-bond acceptors (Lipinski definition) is 5. The zero-order valence-corrected chi connectivity index (χ0v) is 17.1. The third-order valence-electron chi connectivity index (χ3n) is 3.74. The Balaban J connectivity index is 2.74. The molecule has 0 heterocycles. The largest absolute Gasteiger partial charge is 0.279 e. The van der Waals surface area contributed by atoms with Gasteiger partial charge in [-0.15, -0.1) is 0 Å². The number of benzene rings is 2. The van der Waals surface area contributed by atoms with Crippen LogP contribution in [0.2, 0.25) is 10.0 Å². The summed E-state index contributed by atoms with van der Waals surface area (Å²) in [6.45, 7) is 2.78. The highest BCUT2D eigenvalue weighted by Crippen LogP contribution is 2.35. The lowest BCUT2D eigenvalue weighted by molar-refractivity contribution is -0.384. The zero-order valence-electron chi connectivity index (χ0n) is 14.0. The fourth-order valence-electron chi connectivity index (χ4n) is 2.42. The van der Waals surface area contributed by atoms with Gasteiger partial charge in [0.1, 0.15) is 10.9 Å². The molecule has 2 aromatic carbocycles. The van der Waals surface area contributed by atoms with Crippen LogP contribution in [-0.2, 0) is 14.8 Å². The summed E-state index contributed by atoms with van der Waals surface area (Å²) in [5, 5.41) is 10.0. The van der Waals surface area contributed by atoms with Crippen LogP contribution in [0.4, 0.5) is 11.4 Å². The lowest BCUT2D eigenvalue weighted by Gasteiger charge is -2.30. The first-order valence-corrected chi connectivity index (χ1v) is 9.98. The van der Waals surface area contributed by atoms with Gasteiger partial charge in [-0.05, 0) is 55.3 Å². The monoisotopic (exact) mass is 450 g/mol. The van der Waals surface area contributed by atoms with E-state index in [1.165, 1.54) is 38.1 Å². The van der Waals surface area contributed by atoms with Crippen molar-refractivity contribution in [2.24, 2.45) is 0 Å². The van der Waals surface area contributed by atoms with Crippen molar-refractivity contribution >= 4 is 61.4 Å². The minimum absolute atomic E-state index is 0.0538. The number of rotatable bonds is 6. The summed E-state index contributed by atoms with van der Waals surface area (Å²) in [4.78, 5) is 21.8. The van der Waals surface area contributed by atoms with E-state index in [9.17, 15) is 23.3 Å². The molecule has 0 spiro atoms. The average Bonchev–Trinajstić information content (AvgIpc) is 2.57. The Morgan fingerprint density at radius 1 is 1.19 bits per heavy atom. The highest BCUT2D eigenvalue weighted by Gasteiger charge is 2.35. The van der Waals surface area contributed by atoms with Gasteiger partial charge in [-0.3, -0.25) is 19.2 Å². The number of aryl methyl sites for hydroxylation is 1. The zero-order chi connectivity index (χ0) is 20.5. The molecular weight excluding hydrogens is 439 g/mol. The Hall–Kier alpha value is -1.87. The molecule has 0 N–H and O–H groups in total. The molecule has 2 aromatic rings. The molecule has 7 nitrogen and oxygen atoms in total. The maximum absolute atomic E-state index is 13.3. The molecule has 0 saturated carbocycles. The first-order chi connectivity index (χ1) is 12.5. The van der Waals surface area contributed by atoms with Crippen molar-refractivity contribution in [3.05, 3.63) is 62.1 Å². The number of hydrogen-bond donors (Lipinski definition) is 0. The quantitative estimate of drug-likeness (QED) is 0.364. The van der Waals surface area contributed by atoms with Crippen molar-refractivity contribution in [1.82, 2.24) is 0 Å². The van der Waals surface area contributed by atoms with E-state index < -0.39 is 26.2 Å². The smallest absolute Gasteiger partial charge is 0.269 e. The summed E-state index contributed by atoms with van der Waals surface area (Å²) in [6.07, 6.45) is 0. The fourth-order valence-corrected chi connectivity index (χ4v) is 5.00. The highest BCUT2D eigenvalue weighted by atomic mass is 35.5. The number of nitro benzene ring substituents is 1. The fraction of sp³-hybridized carbons (Fsp3) is 0.188. The van der Waals surface area contributed by atoms with Gasteiger partial charge >= 0.3 is 0 Å². The minimum atomic E-state index is -4.37. The molecule has 0 aliphatic heterocycles. The second-order valence-corrected chi connectivity index (χ2v) is 8.58. The van der Waals surface area contributed by atoms with E-state index >= 15 is 0 Å². The molecule has 0 aliphatic carbocycles. The van der Waals surface area contributed by atoms with Crippen LogP contribution in [0.25, 0.3) is 0 Å². The number of carbonyl (C=O) groups excluding carboxylic acids is 1. The van der Waals surface area contributed by atoms with Gasteiger partial charge in [-0.1, -0.05) is 23.2 Å². The van der Waals surface area contributed by atoms with Crippen molar-refractivity contribution in [3.63, 3.8) is 0 Å². The molecule has 2 rings (SSSR count). The molecule has 27 heavy (non-hydrogen) atoms. The molecule has 0 bridgehead atoms. The molecule has 0 aliphatic rings. The van der Waals surface area contributed by atoms with Crippen LogP contribution in [-0.4, -0.2) is 24.6 Å². The van der Waals surface area contributed by atoms with Gasteiger partial charge in [0.25, 0.3) is 15.7 Å². The second-order valence-electron chi connectivity index (χ2n) is 5.58. The number of nitrogens with zero attached hydrogens (tertiary/aromatic N) is 2. The van der Waals surface area contributed by atoms with Gasteiger partial charge in [0, 0.05) is 17.2 Å². The van der Waals surface area contributed by atoms with E-state index in [4.69, 9.17) is 34.8 Å². The van der Waals surface area contributed by atoms with E-state index in [-0.39, 0.29) is 31.9 Å². The molecule has 0 fully saturated rings. The lowest BCUT2D eigenvalue weighted by atomic mass is 10.1. The maximum Gasteiger partial charge on any atom is 0.269 e. The normalized spacial score (nSPS) is 12.5. The van der Waals surface area contributed by atoms with Gasteiger partial charge in [0.2, 0.25) is 5.24 Å². The van der Waals surface area contributed by atoms with E-state index in [0.717, 1.165) is 16.4 Å². The van der Waals surface area contributed by atoms with Gasteiger partial charge in [-0.25, -0.2) is 8.42 Å². The highest BCUT2D eigenvalue weighted by molar-refractivity contribution is 7.93. The third-order valence-corrected chi connectivity index (χ3v) is 6.66. The summed E-state index contributed by atoms with van der Waals surface area (Å²) in [5.41, 5.74) is 0.0908. The first-order valence-electron chi connectivity index (χ1n) is 7.40. The molecule has 1 atom stereocenters. The van der Waals surface area contributed by atoms with Crippen LogP contribution >= 0.6 is 34.8 Å². The van der Waals surface area contributed by atoms with Crippen molar-refractivity contribution in [1.29, 1.82) is 0 Å². The second kappa shape index (κ2) is 8.02. The number of nitro groups is 1. The van der Waals surface area contributed by atoms with Crippen LogP contribution in [0.15, 0.2) is 41.3 Å². The van der Waals surface area contributed by atoms with E-state index in [2.05, 4.69) is 0 Å². The summed E-state index contributed by atoms with van der Waals surface area (Å²) < 4.78 is 27.3. The summed E-state index contributed by atoms with van der Waals surface area (Å²) >= 11 is 17.5. The number of sulfonamides is 1. The molecule has 0 radical (unpaired) electrons. The summed E-state index contributed by atoms with van der Waals surface area (Å²) in [7, 11) is -4.37. The third kappa shape index (κ3) is 4.35. The minimum Gasteiger partial charge on any atom is -0.279 e. The number of anilines is 1. The van der Waals surface area contributed by atoms with Crippen LogP contribution in [0.3, 0.4) is 0 Å². The predicted octanol–water partition coefficient (Wildman–Crippen LogP) is 4.56. The number of halogens is 3. The first kappa shape index (κ1) is 21.4. The van der Waals surface area contributed by atoms with E-state index in [1.807, 2.05) is 0 Å². The van der Waals surface area contributed by atoms with Gasteiger partial charge in [-0.2, -0.15) is 0 Å².